The number of anilines is 1. The summed E-state index contributed by atoms with van der Waals surface area (Å²) >= 11 is 0. The first-order chi connectivity index (χ1) is 8.98. The Morgan fingerprint density at radius 1 is 1.05 bits per heavy atom. The number of halogens is 3. The van der Waals surface area contributed by atoms with Crippen LogP contribution in [0.4, 0.5) is 18.9 Å². The Kier molecular flexibility index (Phi) is 3.55. The molecule has 1 amide bonds. The molecule has 97 valence electrons. The number of para-hydroxylation sites is 1. The van der Waals surface area contributed by atoms with Crippen molar-refractivity contribution in [3.05, 3.63) is 54.6 Å². The van der Waals surface area contributed by atoms with E-state index in [1.807, 2.05) is 5.32 Å². The minimum Gasteiger partial charge on any atom is -0.317 e. The van der Waals surface area contributed by atoms with E-state index < -0.39 is 12.1 Å². The van der Waals surface area contributed by atoms with Crippen molar-refractivity contribution in [2.75, 3.05) is 5.32 Å². The normalized spacial score (nSPS) is 11.1. The summed E-state index contributed by atoms with van der Waals surface area (Å²) in [4.78, 5) is 11.0. The van der Waals surface area contributed by atoms with E-state index in [0.717, 1.165) is 0 Å². The van der Waals surface area contributed by atoms with Gasteiger partial charge in [0.15, 0.2) is 0 Å². The molecule has 5 heteroatoms. The van der Waals surface area contributed by atoms with E-state index in [1.165, 1.54) is 6.07 Å². The van der Waals surface area contributed by atoms with Crippen LogP contribution < -0.4 is 5.32 Å². The number of hydrogen-bond donors (Lipinski definition) is 1. The Hall–Kier alpha value is -2.30. The van der Waals surface area contributed by atoms with Crippen molar-refractivity contribution in [1.82, 2.24) is 0 Å². The Morgan fingerprint density at radius 2 is 1.74 bits per heavy atom. The molecular weight excluding hydrogens is 255 g/mol. The largest absolute Gasteiger partial charge is 0.471 e. The standard InChI is InChI=1S/C14H9F3NO/c15-14(16,17)13(19)18-12-9-5-4-8-11(12)10-6-2-1-3-7-10/h1-8H,(H,18,19). The monoisotopic (exact) mass is 264 g/mol. The number of benzene rings is 2. The number of alkyl halides is 3. The van der Waals surface area contributed by atoms with Gasteiger partial charge in [-0.1, -0.05) is 48.5 Å². The first-order valence-electron chi connectivity index (χ1n) is 5.43. The summed E-state index contributed by atoms with van der Waals surface area (Å²) in [6.07, 6.45) is -4.92. The maximum absolute atomic E-state index is 12.2. The molecule has 2 rings (SSSR count). The fourth-order valence-corrected chi connectivity index (χ4v) is 1.58. The second-order valence-corrected chi connectivity index (χ2v) is 3.78. The van der Waals surface area contributed by atoms with Crippen LogP contribution in [-0.2, 0) is 4.79 Å². The molecule has 0 aliphatic carbocycles. The minimum atomic E-state index is -4.92. The van der Waals surface area contributed by atoms with Crippen LogP contribution >= 0.6 is 0 Å². The zero-order chi connectivity index (χ0) is 13.9. The number of amides is 1. The van der Waals surface area contributed by atoms with E-state index >= 15 is 0 Å². The summed E-state index contributed by atoms with van der Waals surface area (Å²) < 4.78 is 36.7. The van der Waals surface area contributed by atoms with Gasteiger partial charge >= 0.3 is 12.1 Å². The molecule has 0 saturated heterocycles. The van der Waals surface area contributed by atoms with Gasteiger partial charge in [-0.05, 0) is 5.56 Å². The molecule has 0 heterocycles. The van der Waals surface area contributed by atoms with E-state index in [-0.39, 0.29) is 5.69 Å². The molecule has 2 nitrogen and oxygen atoms in total. The number of carbonyl (C=O) groups is 1. The van der Waals surface area contributed by atoms with Gasteiger partial charge in [0.05, 0.1) is 5.69 Å². The summed E-state index contributed by atoms with van der Waals surface area (Å²) in [5, 5.41) is 1.83. The minimum absolute atomic E-state index is 0.0102. The van der Waals surface area contributed by atoms with Gasteiger partial charge < -0.3 is 5.32 Å². The van der Waals surface area contributed by atoms with E-state index in [0.29, 0.717) is 11.1 Å². The lowest BCUT2D eigenvalue weighted by Crippen LogP contribution is -2.30. The molecule has 0 aliphatic rings. The number of nitrogens with one attached hydrogen (secondary N) is 1. The quantitative estimate of drug-likeness (QED) is 0.881. The number of carbonyl (C=O) groups excluding carboxylic acids is 1. The fourth-order valence-electron chi connectivity index (χ4n) is 1.58. The zero-order valence-corrected chi connectivity index (χ0v) is 9.66. The fraction of sp³-hybridized carbons (Fsp3) is 0.0714. The molecule has 0 unspecified atom stereocenters. The molecule has 2 aromatic rings. The van der Waals surface area contributed by atoms with Crippen LogP contribution in [0.15, 0.2) is 48.5 Å². The average Bonchev–Trinajstić information content (AvgIpc) is 2.39. The van der Waals surface area contributed by atoms with Gasteiger partial charge in [-0.15, -0.1) is 0 Å². The molecule has 0 fully saturated rings. The Morgan fingerprint density at radius 3 is 2.37 bits per heavy atom. The first kappa shape index (κ1) is 13.1. The summed E-state index contributed by atoms with van der Waals surface area (Å²) in [5.41, 5.74) is 1.20. The lowest BCUT2D eigenvalue weighted by Gasteiger charge is -2.12. The smallest absolute Gasteiger partial charge is 0.317 e. The third-order valence-corrected chi connectivity index (χ3v) is 2.44. The Bertz CT molecular complexity index is 579. The van der Waals surface area contributed by atoms with Crippen molar-refractivity contribution < 1.29 is 18.0 Å². The van der Waals surface area contributed by atoms with Gasteiger partial charge in [0, 0.05) is 11.6 Å². The predicted molar refractivity (Wildman–Crippen MR) is 65.4 cm³/mol. The van der Waals surface area contributed by atoms with Gasteiger partial charge in [-0.3, -0.25) is 4.79 Å². The molecule has 0 aromatic heterocycles. The van der Waals surface area contributed by atoms with Crippen molar-refractivity contribution >= 4 is 11.6 Å². The number of rotatable bonds is 2. The van der Waals surface area contributed by atoms with Crippen LogP contribution in [0.3, 0.4) is 0 Å². The highest BCUT2D eigenvalue weighted by atomic mass is 19.4. The van der Waals surface area contributed by atoms with Crippen molar-refractivity contribution in [3.8, 4) is 11.1 Å². The van der Waals surface area contributed by atoms with Crippen LogP contribution in [0, 0.1) is 6.07 Å². The van der Waals surface area contributed by atoms with Crippen LogP contribution in [0.1, 0.15) is 0 Å². The highest BCUT2D eigenvalue weighted by Crippen LogP contribution is 2.28. The van der Waals surface area contributed by atoms with Gasteiger partial charge in [-0.25, -0.2) is 0 Å². The third-order valence-electron chi connectivity index (χ3n) is 2.44. The summed E-state index contributed by atoms with van der Waals surface area (Å²) in [6.45, 7) is 0. The van der Waals surface area contributed by atoms with E-state index in [4.69, 9.17) is 0 Å². The maximum atomic E-state index is 12.2. The molecule has 0 aliphatic heterocycles. The van der Waals surface area contributed by atoms with Crippen molar-refractivity contribution in [2.24, 2.45) is 0 Å². The summed E-state index contributed by atoms with van der Waals surface area (Å²) in [6, 6.07) is 16.1. The molecule has 0 atom stereocenters. The lowest BCUT2D eigenvalue weighted by atomic mass is 10.0. The van der Waals surface area contributed by atoms with Crippen molar-refractivity contribution in [3.63, 3.8) is 0 Å². The van der Waals surface area contributed by atoms with Crippen LogP contribution in [-0.4, -0.2) is 12.1 Å². The van der Waals surface area contributed by atoms with Crippen molar-refractivity contribution in [2.45, 2.75) is 6.18 Å². The molecule has 2 aromatic carbocycles. The topological polar surface area (TPSA) is 29.1 Å². The van der Waals surface area contributed by atoms with Crippen molar-refractivity contribution in [1.29, 1.82) is 0 Å². The zero-order valence-electron chi connectivity index (χ0n) is 9.66. The second-order valence-electron chi connectivity index (χ2n) is 3.78. The maximum Gasteiger partial charge on any atom is 0.471 e. The molecule has 1 N–H and O–H groups in total. The molecule has 19 heavy (non-hydrogen) atoms. The summed E-state index contributed by atoms with van der Waals surface area (Å²) in [5.74, 6) is -2.01. The highest BCUT2D eigenvalue weighted by molar-refractivity contribution is 5.98. The molecular formula is C14H9F3NO. The Labute approximate surface area is 107 Å². The van der Waals surface area contributed by atoms with Crippen LogP contribution in [0.2, 0.25) is 0 Å². The van der Waals surface area contributed by atoms with Gasteiger partial charge in [0.2, 0.25) is 0 Å². The van der Waals surface area contributed by atoms with Gasteiger partial charge in [0.25, 0.3) is 0 Å². The lowest BCUT2D eigenvalue weighted by molar-refractivity contribution is -0.167. The van der Waals surface area contributed by atoms with Gasteiger partial charge in [-0.2, -0.15) is 13.2 Å². The summed E-state index contributed by atoms with van der Waals surface area (Å²) in [7, 11) is 0. The van der Waals surface area contributed by atoms with Crippen LogP contribution in [0.5, 0.6) is 0 Å². The Balaban J connectivity index is 2.35. The molecule has 1 radical (unpaired) electrons. The third kappa shape index (κ3) is 3.13. The molecule has 0 saturated carbocycles. The molecule has 0 bridgehead atoms. The van der Waals surface area contributed by atoms with E-state index in [1.54, 1.807) is 42.5 Å². The SMILES string of the molecule is O=C(Nc1[c]cccc1-c1ccccc1)C(F)(F)F. The second kappa shape index (κ2) is 5.14. The van der Waals surface area contributed by atoms with Crippen LogP contribution in [0.25, 0.3) is 11.1 Å². The van der Waals surface area contributed by atoms with Gasteiger partial charge in [0.1, 0.15) is 0 Å². The first-order valence-corrected chi connectivity index (χ1v) is 5.43. The van der Waals surface area contributed by atoms with E-state index in [9.17, 15) is 18.0 Å². The molecule has 0 spiro atoms. The highest BCUT2D eigenvalue weighted by Gasteiger charge is 2.38. The average molecular weight is 264 g/mol. The predicted octanol–water partition coefficient (Wildman–Crippen LogP) is 3.65. The van der Waals surface area contributed by atoms with E-state index in [2.05, 4.69) is 6.07 Å². The number of hydrogen-bond acceptors (Lipinski definition) is 1.